The summed E-state index contributed by atoms with van der Waals surface area (Å²) in [7, 11) is 0. The minimum atomic E-state index is 0.144. The highest BCUT2D eigenvalue weighted by Gasteiger charge is 2.38. The molecule has 0 radical (unpaired) electrons. The van der Waals surface area contributed by atoms with Gasteiger partial charge in [0.2, 0.25) is 0 Å². The highest BCUT2D eigenvalue weighted by atomic mass is 32.1. The number of fused-ring (bicyclic) bond motifs is 12. The first kappa shape index (κ1) is 38.3. The van der Waals surface area contributed by atoms with E-state index in [4.69, 9.17) is 9.72 Å². The van der Waals surface area contributed by atoms with Crippen molar-refractivity contribution in [3.05, 3.63) is 241 Å². The topological polar surface area (TPSA) is 30.3 Å². The van der Waals surface area contributed by atoms with E-state index >= 15 is 0 Å². The molecule has 3 aliphatic rings. The van der Waals surface area contributed by atoms with Crippen molar-refractivity contribution >= 4 is 64.8 Å². The van der Waals surface area contributed by atoms with E-state index in [1.165, 1.54) is 59.5 Å². The third-order valence-electron chi connectivity index (χ3n) is 14.6. The van der Waals surface area contributed by atoms with Crippen molar-refractivity contribution < 1.29 is 4.74 Å². The molecule has 14 rings (SSSR count). The summed E-state index contributed by atoms with van der Waals surface area (Å²) in [4.78, 5) is 7.73. The largest absolute Gasteiger partial charge is 0.456 e. The Bertz CT molecular complexity index is 3860. The van der Waals surface area contributed by atoms with Gasteiger partial charge in [0.05, 0.1) is 38.4 Å². The summed E-state index contributed by atoms with van der Waals surface area (Å²) in [5.41, 5.74) is 16.8. The first-order chi connectivity index (χ1) is 33.2. The molecule has 4 unspecified atom stereocenters. The normalized spacial score (nSPS) is 17.3. The molecule has 0 fully saturated rings. The van der Waals surface area contributed by atoms with Crippen molar-refractivity contribution in [2.45, 2.75) is 30.7 Å². The molecule has 8 aromatic carbocycles. The van der Waals surface area contributed by atoms with Crippen molar-refractivity contribution in [2.24, 2.45) is 0 Å². The highest BCUT2D eigenvalue weighted by Crippen LogP contribution is 2.55. The molecule has 4 heterocycles. The van der Waals surface area contributed by atoms with E-state index in [1.54, 1.807) is 11.3 Å². The van der Waals surface area contributed by atoms with Crippen molar-refractivity contribution in [1.82, 2.24) is 9.55 Å². The molecule has 3 aromatic heterocycles. The number of benzene rings is 8. The summed E-state index contributed by atoms with van der Waals surface area (Å²) in [6.45, 7) is 2.38. The highest BCUT2D eigenvalue weighted by molar-refractivity contribution is 7.25. The molecule has 67 heavy (non-hydrogen) atoms. The average Bonchev–Trinajstić information content (AvgIpc) is 4.13. The maximum Gasteiger partial charge on any atom is 0.137 e. The summed E-state index contributed by atoms with van der Waals surface area (Å²) in [5.74, 6) is 2.31. The fourth-order valence-corrected chi connectivity index (χ4v) is 12.7. The number of nitrogens with zero attached hydrogens (tertiary/aromatic N) is 3. The second-order valence-corrected chi connectivity index (χ2v) is 19.3. The third kappa shape index (κ3) is 5.87. The third-order valence-corrected chi connectivity index (χ3v) is 15.7. The van der Waals surface area contributed by atoms with E-state index in [2.05, 4.69) is 235 Å². The quantitative estimate of drug-likeness (QED) is 0.160. The lowest BCUT2D eigenvalue weighted by Gasteiger charge is -2.28. The number of hydrogen-bond acceptors (Lipinski definition) is 4. The van der Waals surface area contributed by atoms with Crippen LogP contribution >= 0.6 is 11.3 Å². The number of para-hydroxylation sites is 2. The minimum Gasteiger partial charge on any atom is -0.456 e. The van der Waals surface area contributed by atoms with E-state index < -0.39 is 0 Å². The lowest BCUT2D eigenvalue weighted by atomic mass is 9.80. The van der Waals surface area contributed by atoms with Gasteiger partial charge in [-0.1, -0.05) is 146 Å². The van der Waals surface area contributed by atoms with Crippen LogP contribution in [0.25, 0.3) is 70.2 Å². The molecular weight excluding hydrogens is 835 g/mol. The number of pyridine rings is 1. The molecule has 4 atom stereocenters. The lowest BCUT2D eigenvalue weighted by Crippen LogP contribution is -2.28. The predicted octanol–water partition coefficient (Wildman–Crippen LogP) is 16.7. The molecule has 0 amide bonds. The van der Waals surface area contributed by atoms with Gasteiger partial charge in [-0.2, -0.15) is 0 Å². The van der Waals surface area contributed by atoms with Crippen molar-refractivity contribution in [3.8, 4) is 39.6 Å². The number of anilines is 2. The number of hydrogen-bond donors (Lipinski definition) is 0. The van der Waals surface area contributed by atoms with E-state index in [0.717, 1.165) is 55.8 Å². The number of allylic oxidation sites excluding steroid dienone is 2. The molecule has 0 spiro atoms. The fraction of sp³-hybridized carbons (Fsp3) is 0.0806. The summed E-state index contributed by atoms with van der Waals surface area (Å²) in [6, 6.07) is 70.9. The summed E-state index contributed by atoms with van der Waals surface area (Å²) in [6.07, 6.45) is 9.08. The van der Waals surface area contributed by atoms with Crippen LogP contribution < -0.4 is 9.64 Å². The van der Waals surface area contributed by atoms with Gasteiger partial charge in [-0.3, -0.25) is 0 Å². The Hall–Kier alpha value is -7.99. The zero-order valence-corrected chi connectivity index (χ0v) is 37.6. The van der Waals surface area contributed by atoms with Gasteiger partial charge in [0.25, 0.3) is 0 Å². The molecule has 11 aromatic rings. The van der Waals surface area contributed by atoms with Crippen LogP contribution in [0.2, 0.25) is 0 Å². The Morgan fingerprint density at radius 3 is 2.27 bits per heavy atom. The van der Waals surface area contributed by atoms with E-state index in [-0.39, 0.29) is 23.8 Å². The SMILES string of the molecule is CC(c1cccc(-c2ccc3sc4ccccc4c3n2)c1)C1c2ccccc2-c2c(Oc3cccc4c3c3ccccc3n4-c3ccc4c(c3)C3C=CC=CC3N4c3ccccc3)cccc21. The van der Waals surface area contributed by atoms with Gasteiger partial charge in [-0.25, -0.2) is 4.98 Å². The molecule has 2 aliphatic carbocycles. The summed E-state index contributed by atoms with van der Waals surface area (Å²) < 4.78 is 12.2. The molecule has 318 valence electrons. The molecule has 0 saturated carbocycles. The summed E-state index contributed by atoms with van der Waals surface area (Å²) >= 11 is 1.81. The molecule has 0 bridgehead atoms. The van der Waals surface area contributed by atoms with Crippen LogP contribution in [-0.4, -0.2) is 15.6 Å². The number of rotatable bonds is 7. The van der Waals surface area contributed by atoms with Gasteiger partial charge >= 0.3 is 0 Å². The van der Waals surface area contributed by atoms with Gasteiger partial charge in [-0.15, -0.1) is 11.3 Å². The van der Waals surface area contributed by atoms with Crippen molar-refractivity contribution in [1.29, 1.82) is 0 Å². The maximum atomic E-state index is 7.28. The van der Waals surface area contributed by atoms with E-state index in [9.17, 15) is 0 Å². The van der Waals surface area contributed by atoms with Crippen LogP contribution in [0.4, 0.5) is 11.4 Å². The molecular formula is C62H43N3OS. The summed E-state index contributed by atoms with van der Waals surface area (Å²) in [5, 5.41) is 3.49. The van der Waals surface area contributed by atoms with Crippen molar-refractivity contribution in [3.63, 3.8) is 0 Å². The Morgan fingerprint density at radius 1 is 0.567 bits per heavy atom. The lowest BCUT2D eigenvalue weighted by molar-refractivity contribution is 0.490. The smallest absolute Gasteiger partial charge is 0.137 e. The van der Waals surface area contributed by atoms with E-state index in [1.807, 2.05) is 0 Å². The van der Waals surface area contributed by atoms with Gasteiger partial charge in [-0.05, 0) is 113 Å². The van der Waals surface area contributed by atoms with Crippen molar-refractivity contribution in [2.75, 3.05) is 4.90 Å². The van der Waals surface area contributed by atoms with Crippen LogP contribution in [0, 0.1) is 0 Å². The average molecular weight is 878 g/mol. The Labute approximate surface area is 393 Å². The standard InChI is InChI=1S/C62H43N3OS/c1-38(39-16-13-17-40(36-39)50-33-35-58-62(63-50)47-24-9-12-31-57(47)67-58)59-44-21-5-6-22-45(44)60-48(59)25-14-29-55(60)66-56-30-15-28-54-61(56)46-23-8-11-27-52(46)65(54)42-32-34-53-49(37-42)43-20-7-10-26-51(43)64(53)41-18-3-2-4-19-41/h2-38,43,51,59H,1H3. The van der Waals surface area contributed by atoms with Gasteiger partial charge in [0.15, 0.2) is 0 Å². The van der Waals surface area contributed by atoms with Crippen LogP contribution in [0.1, 0.15) is 46.9 Å². The van der Waals surface area contributed by atoms with Crippen LogP contribution in [-0.2, 0) is 0 Å². The Kier molecular flexibility index (Phi) is 8.59. The molecule has 5 heteroatoms. The monoisotopic (exact) mass is 877 g/mol. The predicted molar refractivity (Wildman–Crippen MR) is 279 cm³/mol. The second kappa shape index (κ2) is 15.0. The zero-order chi connectivity index (χ0) is 44.2. The molecule has 4 nitrogen and oxygen atoms in total. The van der Waals surface area contributed by atoms with Gasteiger partial charge in [0, 0.05) is 55.5 Å². The van der Waals surface area contributed by atoms with Crippen LogP contribution in [0.15, 0.2) is 218 Å². The molecule has 1 aliphatic heterocycles. The minimum absolute atomic E-state index is 0.144. The Morgan fingerprint density at radius 2 is 1.33 bits per heavy atom. The fourth-order valence-electron chi connectivity index (χ4n) is 11.6. The number of aromatic nitrogens is 2. The van der Waals surface area contributed by atoms with Crippen LogP contribution in [0.5, 0.6) is 11.5 Å². The first-order valence-electron chi connectivity index (χ1n) is 23.3. The zero-order valence-electron chi connectivity index (χ0n) is 36.8. The van der Waals surface area contributed by atoms with Gasteiger partial charge < -0.3 is 14.2 Å². The first-order valence-corrected chi connectivity index (χ1v) is 24.1. The maximum absolute atomic E-state index is 7.28. The van der Waals surface area contributed by atoms with Gasteiger partial charge in [0.1, 0.15) is 11.5 Å². The molecule has 0 saturated heterocycles. The Balaban J connectivity index is 0.848. The molecule has 0 N–H and O–H groups in total. The van der Waals surface area contributed by atoms with Crippen LogP contribution in [0.3, 0.4) is 0 Å². The second-order valence-electron chi connectivity index (χ2n) is 18.2. The number of ether oxygens (including phenoxy) is 1. The number of thiophene rings is 1. The van der Waals surface area contributed by atoms with E-state index in [0.29, 0.717) is 0 Å².